The lowest BCUT2D eigenvalue weighted by molar-refractivity contribution is -0.141. The van der Waals surface area contributed by atoms with Gasteiger partial charge < -0.3 is 10.2 Å². The molecular weight excluding hydrogens is 534 g/mol. The number of anilines is 1. The molecule has 0 spiro atoms. The van der Waals surface area contributed by atoms with Gasteiger partial charge in [-0.2, -0.15) is 0 Å². The van der Waals surface area contributed by atoms with Gasteiger partial charge in [0.2, 0.25) is 21.8 Å². The molecule has 1 aliphatic rings. The van der Waals surface area contributed by atoms with Gasteiger partial charge in [-0.05, 0) is 68.4 Å². The number of carbonyl (C=O) groups excluding carboxylic acids is 2. The molecule has 3 rings (SSSR count). The molecular formula is C30H42ClN3O4S. The predicted molar refractivity (Wildman–Crippen MR) is 158 cm³/mol. The monoisotopic (exact) mass is 575 g/mol. The molecule has 214 valence electrons. The van der Waals surface area contributed by atoms with Crippen molar-refractivity contribution in [2.45, 2.75) is 90.8 Å². The molecule has 0 heterocycles. The fraction of sp³-hybridized carbons (Fsp3) is 0.533. The van der Waals surface area contributed by atoms with Gasteiger partial charge in [-0.1, -0.05) is 68.1 Å². The number of halogens is 1. The van der Waals surface area contributed by atoms with Crippen LogP contribution in [-0.2, 0) is 26.2 Å². The van der Waals surface area contributed by atoms with E-state index in [9.17, 15) is 18.0 Å². The number of nitrogens with one attached hydrogen (secondary N) is 1. The Balaban J connectivity index is 1.79. The van der Waals surface area contributed by atoms with Crippen molar-refractivity contribution in [1.29, 1.82) is 0 Å². The van der Waals surface area contributed by atoms with Crippen LogP contribution in [0.1, 0.15) is 75.0 Å². The van der Waals surface area contributed by atoms with Crippen LogP contribution in [0.25, 0.3) is 0 Å². The van der Waals surface area contributed by atoms with E-state index in [1.807, 2.05) is 38.1 Å². The molecule has 1 atom stereocenters. The number of carbonyl (C=O) groups is 2. The van der Waals surface area contributed by atoms with Crippen LogP contribution >= 0.6 is 11.6 Å². The highest BCUT2D eigenvalue weighted by atomic mass is 35.5. The van der Waals surface area contributed by atoms with E-state index < -0.39 is 16.1 Å². The van der Waals surface area contributed by atoms with Crippen molar-refractivity contribution in [1.82, 2.24) is 10.2 Å². The number of hydrogen-bond donors (Lipinski definition) is 1. The molecule has 0 radical (unpaired) electrons. The molecule has 1 fully saturated rings. The smallest absolute Gasteiger partial charge is 0.243 e. The first kappa shape index (κ1) is 31.0. The normalized spacial score (nSPS) is 15.0. The number of sulfonamides is 1. The largest absolute Gasteiger partial charge is 0.352 e. The summed E-state index contributed by atoms with van der Waals surface area (Å²) in [5.74, 6) is -0.279. The molecule has 0 aliphatic heterocycles. The van der Waals surface area contributed by atoms with E-state index in [0.717, 1.165) is 43.1 Å². The summed E-state index contributed by atoms with van der Waals surface area (Å²) < 4.78 is 26.6. The van der Waals surface area contributed by atoms with Crippen LogP contribution in [-0.4, -0.2) is 50.0 Å². The van der Waals surface area contributed by atoms with Crippen LogP contribution in [0.15, 0.2) is 42.5 Å². The number of nitrogens with zero attached hydrogens (tertiary/aromatic N) is 2. The molecule has 9 heteroatoms. The third-order valence-corrected chi connectivity index (χ3v) is 9.19. The van der Waals surface area contributed by atoms with E-state index in [2.05, 4.69) is 5.32 Å². The van der Waals surface area contributed by atoms with E-state index in [4.69, 9.17) is 11.6 Å². The fourth-order valence-corrected chi connectivity index (χ4v) is 6.47. The number of rotatable bonds is 12. The van der Waals surface area contributed by atoms with Crippen LogP contribution in [0.2, 0.25) is 5.02 Å². The summed E-state index contributed by atoms with van der Waals surface area (Å²) >= 11 is 6.25. The maximum absolute atomic E-state index is 13.7. The highest BCUT2D eigenvalue weighted by Gasteiger charge is 2.31. The molecule has 1 N–H and O–H groups in total. The summed E-state index contributed by atoms with van der Waals surface area (Å²) in [5, 5.41) is 3.68. The van der Waals surface area contributed by atoms with Crippen molar-refractivity contribution in [3.8, 4) is 0 Å². The van der Waals surface area contributed by atoms with Crippen molar-refractivity contribution >= 4 is 39.1 Å². The lowest BCUT2D eigenvalue weighted by Crippen LogP contribution is -2.51. The summed E-state index contributed by atoms with van der Waals surface area (Å²) in [6.45, 7) is 6.16. The second-order valence-corrected chi connectivity index (χ2v) is 12.9. The predicted octanol–water partition coefficient (Wildman–Crippen LogP) is 5.76. The zero-order chi connectivity index (χ0) is 28.6. The van der Waals surface area contributed by atoms with Crippen molar-refractivity contribution in [2.75, 3.05) is 17.1 Å². The van der Waals surface area contributed by atoms with Gasteiger partial charge in [-0.3, -0.25) is 13.9 Å². The van der Waals surface area contributed by atoms with Gasteiger partial charge >= 0.3 is 0 Å². The third-order valence-electron chi connectivity index (χ3n) is 7.60. The molecule has 0 saturated heterocycles. The van der Waals surface area contributed by atoms with Crippen LogP contribution in [0.4, 0.5) is 5.69 Å². The summed E-state index contributed by atoms with van der Waals surface area (Å²) in [6, 6.07) is 12.6. The Morgan fingerprint density at radius 3 is 2.38 bits per heavy atom. The number of benzene rings is 2. The van der Waals surface area contributed by atoms with Gasteiger partial charge in [-0.25, -0.2) is 8.42 Å². The Labute approximate surface area is 239 Å². The second-order valence-electron chi connectivity index (χ2n) is 10.5. The highest BCUT2D eigenvalue weighted by molar-refractivity contribution is 7.92. The van der Waals surface area contributed by atoms with Crippen LogP contribution in [0.3, 0.4) is 0 Å². The zero-order valence-electron chi connectivity index (χ0n) is 23.6. The van der Waals surface area contributed by atoms with Gasteiger partial charge in [0.05, 0.1) is 11.9 Å². The molecule has 2 aromatic rings. The zero-order valence-corrected chi connectivity index (χ0v) is 25.2. The molecule has 0 bridgehead atoms. The molecule has 1 aliphatic carbocycles. The van der Waals surface area contributed by atoms with Gasteiger partial charge in [0.1, 0.15) is 6.04 Å². The molecule has 1 saturated carbocycles. The van der Waals surface area contributed by atoms with Crippen LogP contribution in [0, 0.1) is 13.8 Å². The number of aryl methyl sites for hydroxylation is 1. The minimum Gasteiger partial charge on any atom is -0.352 e. The lowest BCUT2D eigenvalue weighted by Gasteiger charge is -2.33. The van der Waals surface area contributed by atoms with Crippen LogP contribution < -0.4 is 9.62 Å². The first-order valence-electron chi connectivity index (χ1n) is 13.9. The first-order valence-corrected chi connectivity index (χ1v) is 16.1. The van der Waals surface area contributed by atoms with Gasteiger partial charge in [0, 0.05) is 30.6 Å². The Kier molecular flexibility index (Phi) is 11.2. The first-order chi connectivity index (χ1) is 18.5. The quantitative estimate of drug-likeness (QED) is 0.349. The van der Waals surface area contributed by atoms with E-state index in [1.54, 1.807) is 30.0 Å². The summed E-state index contributed by atoms with van der Waals surface area (Å²) in [7, 11) is -3.59. The van der Waals surface area contributed by atoms with E-state index >= 15 is 0 Å². The van der Waals surface area contributed by atoms with E-state index in [1.165, 1.54) is 10.7 Å². The number of hydrogen-bond acceptors (Lipinski definition) is 4. The minimum absolute atomic E-state index is 0.112. The Morgan fingerprint density at radius 2 is 1.74 bits per heavy atom. The molecule has 2 aromatic carbocycles. The molecule has 7 nitrogen and oxygen atoms in total. The summed E-state index contributed by atoms with van der Waals surface area (Å²) in [4.78, 5) is 28.8. The van der Waals surface area contributed by atoms with Crippen molar-refractivity contribution in [3.63, 3.8) is 0 Å². The fourth-order valence-electron chi connectivity index (χ4n) is 5.28. The average Bonchev–Trinajstić information content (AvgIpc) is 2.89. The maximum Gasteiger partial charge on any atom is 0.243 e. The van der Waals surface area contributed by atoms with Gasteiger partial charge in [0.15, 0.2) is 0 Å². The van der Waals surface area contributed by atoms with Crippen molar-refractivity contribution in [3.05, 3.63) is 64.2 Å². The molecule has 0 aromatic heterocycles. The molecule has 39 heavy (non-hydrogen) atoms. The Bertz CT molecular complexity index is 1240. The standard InChI is InChI=1S/C30H42ClN3O4S/c1-5-27(30(36)32-25-15-7-6-8-16-25)33(21-24-14-10-9-13-22(24)2)29(35)19-12-20-34(39(4,37)38)28-18-11-17-26(31)23(28)3/h9-11,13-14,17-18,25,27H,5-8,12,15-16,19-21H2,1-4H3,(H,32,36)/t27-/m1/s1. The number of amides is 2. The molecule has 0 unspecified atom stereocenters. The lowest BCUT2D eigenvalue weighted by atomic mass is 9.95. The van der Waals surface area contributed by atoms with Crippen molar-refractivity contribution < 1.29 is 18.0 Å². The summed E-state index contributed by atoms with van der Waals surface area (Å²) in [5.41, 5.74) is 3.22. The highest BCUT2D eigenvalue weighted by Crippen LogP contribution is 2.29. The topological polar surface area (TPSA) is 86.8 Å². The Morgan fingerprint density at radius 1 is 1.05 bits per heavy atom. The maximum atomic E-state index is 13.7. The van der Waals surface area contributed by atoms with Crippen LogP contribution in [0.5, 0.6) is 0 Å². The Hall–Kier alpha value is -2.58. The van der Waals surface area contributed by atoms with E-state index in [0.29, 0.717) is 35.7 Å². The second kappa shape index (κ2) is 14.2. The molecule has 2 amide bonds. The third kappa shape index (κ3) is 8.45. The summed E-state index contributed by atoms with van der Waals surface area (Å²) in [6.07, 6.45) is 7.42. The minimum atomic E-state index is -3.59. The average molecular weight is 576 g/mol. The van der Waals surface area contributed by atoms with Crippen molar-refractivity contribution in [2.24, 2.45) is 0 Å². The van der Waals surface area contributed by atoms with E-state index in [-0.39, 0.29) is 30.8 Å². The van der Waals surface area contributed by atoms with Gasteiger partial charge in [0.25, 0.3) is 0 Å². The SMILES string of the molecule is CC[C@H](C(=O)NC1CCCCC1)N(Cc1ccccc1C)C(=O)CCCN(c1cccc(Cl)c1C)S(C)(=O)=O. The van der Waals surface area contributed by atoms with Gasteiger partial charge in [-0.15, -0.1) is 0 Å².